The zero-order valence-electron chi connectivity index (χ0n) is 16.0. The van der Waals surface area contributed by atoms with Crippen molar-refractivity contribution in [3.05, 3.63) is 103 Å². The third-order valence-electron chi connectivity index (χ3n) is 5.86. The molecule has 0 fully saturated rings. The molecule has 1 aromatic heterocycles. The molecule has 4 aromatic rings. The second-order valence-electron chi connectivity index (χ2n) is 7.51. The minimum absolute atomic E-state index is 0.00744. The fraction of sp³-hybridized carbons (Fsp3) is 0.0870. The number of rotatable bonds is 2. The van der Waals surface area contributed by atoms with Crippen molar-refractivity contribution in [3.63, 3.8) is 0 Å². The van der Waals surface area contributed by atoms with Gasteiger partial charge in [-0.25, -0.2) is 4.79 Å². The van der Waals surface area contributed by atoms with Gasteiger partial charge in [0.15, 0.2) is 0 Å². The van der Waals surface area contributed by atoms with Gasteiger partial charge in [-0.3, -0.25) is 10.1 Å². The summed E-state index contributed by atoms with van der Waals surface area (Å²) >= 11 is 0. The number of nitro groups is 1. The highest BCUT2D eigenvalue weighted by molar-refractivity contribution is 5.96. The van der Waals surface area contributed by atoms with Crippen LogP contribution in [0.1, 0.15) is 28.2 Å². The van der Waals surface area contributed by atoms with Crippen molar-refractivity contribution in [2.45, 2.75) is 12.5 Å². The van der Waals surface area contributed by atoms with Crippen molar-refractivity contribution < 1.29 is 9.34 Å². The van der Waals surface area contributed by atoms with E-state index < -0.39 is 16.5 Å². The van der Waals surface area contributed by atoms with Gasteiger partial charge in [-0.1, -0.05) is 24.3 Å². The molecule has 0 spiro atoms. The van der Waals surface area contributed by atoms with E-state index in [1.807, 2.05) is 30.3 Å². The van der Waals surface area contributed by atoms with Crippen LogP contribution in [0.4, 0.5) is 22.7 Å². The molecule has 6 rings (SSSR count). The Labute approximate surface area is 175 Å². The third kappa shape index (κ3) is 2.51. The van der Waals surface area contributed by atoms with Crippen molar-refractivity contribution in [1.29, 1.82) is 0 Å². The van der Waals surface area contributed by atoms with Crippen LogP contribution in [0.3, 0.4) is 0 Å². The first kappa shape index (κ1) is 17.5. The number of nitrogens with one attached hydrogen (secondary N) is 1. The first-order chi connectivity index (χ1) is 15.1. The molecule has 2 aliphatic rings. The van der Waals surface area contributed by atoms with E-state index in [0.717, 1.165) is 33.5 Å². The number of nitrogens with zero attached hydrogens (tertiary/aromatic N) is 3. The van der Waals surface area contributed by atoms with Crippen LogP contribution in [0.15, 0.2) is 80.1 Å². The largest absolute Gasteiger partial charge is 0.422 e. The molecule has 0 saturated heterocycles. The summed E-state index contributed by atoms with van der Waals surface area (Å²) in [4.78, 5) is 23.9. The van der Waals surface area contributed by atoms with Crippen molar-refractivity contribution in [1.82, 2.24) is 0 Å². The van der Waals surface area contributed by atoms with Gasteiger partial charge in [-0.15, -0.1) is 0 Å². The summed E-state index contributed by atoms with van der Waals surface area (Å²) in [6.07, 6.45) is 0. The molecule has 0 amide bonds. The maximum absolute atomic E-state index is 13.2. The number of fused-ring (bicyclic) bond motifs is 6. The Kier molecular flexibility index (Phi) is 3.58. The highest BCUT2D eigenvalue weighted by Gasteiger charge is 2.35. The molecule has 8 nitrogen and oxygen atoms in total. The number of anilines is 2. The van der Waals surface area contributed by atoms with Crippen LogP contribution >= 0.6 is 0 Å². The lowest BCUT2D eigenvalue weighted by atomic mass is 9.78. The number of nitro benzene ring substituents is 1. The summed E-state index contributed by atoms with van der Waals surface area (Å²) in [7, 11) is 0. The summed E-state index contributed by atoms with van der Waals surface area (Å²) < 4.78 is 5.66. The Bertz CT molecular complexity index is 1490. The fourth-order valence-corrected chi connectivity index (χ4v) is 4.50. The summed E-state index contributed by atoms with van der Waals surface area (Å²) in [6, 6.07) is 17.5. The van der Waals surface area contributed by atoms with Crippen LogP contribution in [0.2, 0.25) is 0 Å². The number of para-hydroxylation sites is 1. The molecule has 0 saturated carbocycles. The van der Waals surface area contributed by atoms with E-state index in [0.29, 0.717) is 23.4 Å². The predicted octanol–water partition coefficient (Wildman–Crippen LogP) is 5.54. The van der Waals surface area contributed by atoms with Gasteiger partial charge >= 0.3 is 5.63 Å². The van der Waals surface area contributed by atoms with E-state index in [1.54, 1.807) is 18.2 Å². The molecule has 0 aliphatic carbocycles. The molecular formula is C23H14N4O4. The van der Waals surface area contributed by atoms with Crippen LogP contribution in [-0.2, 0) is 6.54 Å². The van der Waals surface area contributed by atoms with E-state index >= 15 is 0 Å². The second kappa shape index (κ2) is 6.33. The molecule has 0 radical (unpaired) electrons. The van der Waals surface area contributed by atoms with Crippen LogP contribution < -0.4 is 10.9 Å². The Hall–Kier alpha value is -4.33. The van der Waals surface area contributed by atoms with Crippen molar-refractivity contribution in [2.24, 2.45) is 10.2 Å². The third-order valence-corrected chi connectivity index (χ3v) is 5.86. The molecule has 0 bridgehead atoms. The molecule has 1 N–H and O–H groups in total. The lowest BCUT2D eigenvalue weighted by Gasteiger charge is -2.31. The van der Waals surface area contributed by atoms with E-state index in [1.165, 1.54) is 12.1 Å². The molecule has 8 heteroatoms. The number of hydrogen-bond acceptors (Lipinski definition) is 7. The van der Waals surface area contributed by atoms with Crippen LogP contribution in [-0.4, -0.2) is 4.92 Å². The first-order valence-corrected chi connectivity index (χ1v) is 9.72. The molecule has 31 heavy (non-hydrogen) atoms. The SMILES string of the molecule is O=c1oc2ccccc2c2c1C(c1ccc([N+](=O)[O-])cc1)c1c(ccc3c1CN=N3)N2. The van der Waals surface area contributed by atoms with Gasteiger partial charge in [-0.2, -0.15) is 10.2 Å². The zero-order chi connectivity index (χ0) is 21.1. The summed E-state index contributed by atoms with van der Waals surface area (Å²) in [5, 5.41) is 23.7. The maximum Gasteiger partial charge on any atom is 0.342 e. The normalized spacial score (nSPS) is 15.8. The molecule has 1 atom stereocenters. The average molecular weight is 410 g/mol. The van der Waals surface area contributed by atoms with Gasteiger partial charge in [0.1, 0.15) is 5.58 Å². The molecule has 150 valence electrons. The quantitative estimate of drug-likeness (QED) is 0.233. The number of azo groups is 1. The van der Waals surface area contributed by atoms with Gasteiger partial charge in [0.2, 0.25) is 0 Å². The van der Waals surface area contributed by atoms with E-state index in [-0.39, 0.29) is 5.69 Å². The molecule has 3 aromatic carbocycles. The Balaban J connectivity index is 1.68. The zero-order valence-corrected chi connectivity index (χ0v) is 16.0. The van der Waals surface area contributed by atoms with Gasteiger partial charge in [0, 0.05) is 34.7 Å². The van der Waals surface area contributed by atoms with Crippen molar-refractivity contribution in [3.8, 4) is 0 Å². The second-order valence-corrected chi connectivity index (χ2v) is 7.51. The monoisotopic (exact) mass is 410 g/mol. The van der Waals surface area contributed by atoms with Gasteiger partial charge in [0.05, 0.1) is 28.4 Å². The number of benzene rings is 3. The summed E-state index contributed by atoms with van der Waals surface area (Å²) in [5.74, 6) is -0.466. The molecular weight excluding hydrogens is 396 g/mol. The average Bonchev–Trinajstić information content (AvgIpc) is 3.27. The van der Waals surface area contributed by atoms with Crippen molar-refractivity contribution in [2.75, 3.05) is 5.32 Å². The lowest BCUT2D eigenvalue weighted by molar-refractivity contribution is -0.384. The van der Waals surface area contributed by atoms with Crippen molar-refractivity contribution >= 4 is 33.7 Å². The Morgan fingerprint density at radius 3 is 2.65 bits per heavy atom. The molecule has 3 heterocycles. The smallest absolute Gasteiger partial charge is 0.342 e. The maximum atomic E-state index is 13.2. The summed E-state index contributed by atoms with van der Waals surface area (Å²) in [6.45, 7) is 0.415. The first-order valence-electron chi connectivity index (χ1n) is 9.72. The highest BCUT2D eigenvalue weighted by atomic mass is 16.6. The minimum Gasteiger partial charge on any atom is -0.422 e. The van der Waals surface area contributed by atoms with E-state index in [4.69, 9.17) is 4.42 Å². The predicted molar refractivity (Wildman–Crippen MR) is 114 cm³/mol. The van der Waals surface area contributed by atoms with Crippen LogP contribution in [0.5, 0.6) is 0 Å². The molecule has 2 aliphatic heterocycles. The highest BCUT2D eigenvalue weighted by Crippen LogP contribution is 2.50. The lowest BCUT2D eigenvalue weighted by Crippen LogP contribution is -2.23. The van der Waals surface area contributed by atoms with Gasteiger partial charge in [-0.05, 0) is 35.4 Å². The number of hydrogen-bond donors (Lipinski definition) is 1. The summed E-state index contributed by atoms with van der Waals surface area (Å²) in [5.41, 5.74) is 5.42. The van der Waals surface area contributed by atoms with Crippen LogP contribution in [0, 0.1) is 10.1 Å². The number of non-ortho nitro benzene ring substituents is 1. The van der Waals surface area contributed by atoms with Gasteiger partial charge in [0.25, 0.3) is 5.69 Å². The standard InChI is InChI=1S/C23H14N4O4/c28-23-21-19(12-5-7-13(8-6-12)27(29)30)20-15-11-24-26-16(15)9-10-17(20)25-22(21)14-3-1-2-4-18(14)31-23/h1-10,19,25H,11H2. The van der Waals surface area contributed by atoms with E-state index in [9.17, 15) is 14.9 Å². The Morgan fingerprint density at radius 1 is 1.03 bits per heavy atom. The Morgan fingerprint density at radius 2 is 1.84 bits per heavy atom. The minimum atomic E-state index is -0.466. The fourth-order valence-electron chi connectivity index (χ4n) is 4.50. The topological polar surface area (TPSA) is 110 Å². The molecule has 1 unspecified atom stereocenters. The van der Waals surface area contributed by atoms with Crippen LogP contribution in [0.25, 0.3) is 11.0 Å². The van der Waals surface area contributed by atoms with Gasteiger partial charge < -0.3 is 9.73 Å². The van der Waals surface area contributed by atoms with E-state index in [2.05, 4.69) is 15.5 Å².